The Hall–Kier alpha value is -1.26. The maximum atomic E-state index is 5.51. The van der Waals surface area contributed by atoms with Crippen LogP contribution in [0, 0.1) is 0 Å². The van der Waals surface area contributed by atoms with Crippen LogP contribution in [-0.4, -0.2) is 21.0 Å². The third-order valence-electron chi connectivity index (χ3n) is 1.80. The molecule has 78 valence electrons. The molecule has 0 atom stereocenters. The summed E-state index contributed by atoms with van der Waals surface area (Å²) in [6.07, 6.45) is 0. The van der Waals surface area contributed by atoms with Gasteiger partial charge in [0.25, 0.3) is 0 Å². The highest BCUT2D eigenvalue weighted by Crippen LogP contribution is 2.27. The maximum absolute atomic E-state index is 5.51. The second kappa shape index (κ2) is 5.47. The first-order valence-electron chi connectivity index (χ1n) is 4.30. The number of rotatable bonds is 5. The molecule has 0 amide bonds. The van der Waals surface area contributed by atoms with E-state index in [0.29, 0.717) is 18.0 Å². The van der Waals surface area contributed by atoms with Crippen molar-refractivity contribution in [3.05, 3.63) is 23.8 Å². The van der Waals surface area contributed by atoms with Crippen LogP contribution >= 0.6 is 0 Å². The zero-order valence-electron chi connectivity index (χ0n) is 8.45. The molecule has 0 aliphatic heterocycles. The van der Waals surface area contributed by atoms with E-state index in [1.165, 1.54) is 0 Å². The third-order valence-corrected chi connectivity index (χ3v) is 1.80. The van der Waals surface area contributed by atoms with Gasteiger partial charge in [-0.25, -0.2) is 0 Å². The fraction of sp³-hybridized carbons (Fsp3) is 0.400. The van der Waals surface area contributed by atoms with Crippen LogP contribution in [0.25, 0.3) is 0 Å². The lowest BCUT2D eigenvalue weighted by molar-refractivity contribution is 0.0491. The van der Waals surface area contributed by atoms with Crippen molar-refractivity contribution in [1.29, 1.82) is 0 Å². The average molecular weight is 197 g/mol. The molecule has 0 aliphatic carbocycles. The van der Waals surface area contributed by atoms with E-state index >= 15 is 0 Å². The fourth-order valence-corrected chi connectivity index (χ4v) is 1.08. The predicted octanol–water partition coefficient (Wildman–Crippen LogP) is 1.14. The van der Waals surface area contributed by atoms with Crippen molar-refractivity contribution in [2.45, 2.75) is 6.54 Å². The summed E-state index contributed by atoms with van der Waals surface area (Å²) in [5, 5.41) is 0. The molecule has 2 N–H and O–H groups in total. The van der Waals surface area contributed by atoms with Gasteiger partial charge in [0.05, 0.1) is 7.11 Å². The molecular weight excluding hydrogens is 182 g/mol. The van der Waals surface area contributed by atoms with Crippen molar-refractivity contribution in [1.82, 2.24) is 0 Å². The van der Waals surface area contributed by atoms with Crippen LogP contribution in [-0.2, 0) is 11.3 Å². The number of hydrogen-bond donors (Lipinski definition) is 1. The first-order valence-corrected chi connectivity index (χ1v) is 4.30. The molecule has 0 aromatic heterocycles. The first-order chi connectivity index (χ1) is 6.81. The molecule has 0 saturated heterocycles. The Morgan fingerprint density at radius 1 is 1.21 bits per heavy atom. The monoisotopic (exact) mass is 197 g/mol. The van der Waals surface area contributed by atoms with E-state index < -0.39 is 0 Å². The highest BCUT2D eigenvalue weighted by atomic mass is 16.7. The van der Waals surface area contributed by atoms with Crippen LogP contribution in [0.4, 0.5) is 0 Å². The molecule has 14 heavy (non-hydrogen) atoms. The first kappa shape index (κ1) is 10.8. The number of hydrogen-bond acceptors (Lipinski definition) is 4. The molecule has 1 aromatic carbocycles. The molecule has 0 aliphatic rings. The van der Waals surface area contributed by atoms with Gasteiger partial charge in [0.15, 0.2) is 18.3 Å². The lowest BCUT2D eigenvalue weighted by Crippen LogP contribution is -2.02. The van der Waals surface area contributed by atoms with Crippen molar-refractivity contribution >= 4 is 0 Å². The number of methoxy groups -OCH3 is 2. The highest BCUT2D eigenvalue weighted by molar-refractivity contribution is 5.42. The number of benzene rings is 1. The summed E-state index contributed by atoms with van der Waals surface area (Å²) in [5.41, 5.74) is 6.51. The minimum absolute atomic E-state index is 0.199. The van der Waals surface area contributed by atoms with Gasteiger partial charge in [0.2, 0.25) is 0 Å². The molecule has 0 fully saturated rings. The van der Waals surface area contributed by atoms with Crippen LogP contribution in [0.3, 0.4) is 0 Å². The van der Waals surface area contributed by atoms with Gasteiger partial charge in [-0.05, 0) is 17.7 Å². The van der Waals surface area contributed by atoms with Gasteiger partial charge in [-0.2, -0.15) is 0 Å². The molecule has 0 spiro atoms. The number of nitrogens with two attached hydrogens (primary N) is 1. The van der Waals surface area contributed by atoms with Crippen LogP contribution in [0.5, 0.6) is 11.5 Å². The van der Waals surface area contributed by atoms with E-state index in [1.807, 2.05) is 18.2 Å². The van der Waals surface area contributed by atoms with E-state index in [-0.39, 0.29) is 6.79 Å². The molecule has 4 nitrogen and oxygen atoms in total. The van der Waals surface area contributed by atoms with Gasteiger partial charge in [-0.15, -0.1) is 0 Å². The summed E-state index contributed by atoms with van der Waals surface area (Å²) in [4.78, 5) is 0. The quantitative estimate of drug-likeness (QED) is 0.719. The molecule has 0 heterocycles. The van der Waals surface area contributed by atoms with E-state index in [2.05, 4.69) is 0 Å². The molecule has 4 heteroatoms. The van der Waals surface area contributed by atoms with Crippen LogP contribution in [0.1, 0.15) is 5.56 Å². The van der Waals surface area contributed by atoms with Gasteiger partial charge >= 0.3 is 0 Å². The summed E-state index contributed by atoms with van der Waals surface area (Å²) in [6.45, 7) is 0.678. The van der Waals surface area contributed by atoms with E-state index in [1.54, 1.807) is 14.2 Å². The van der Waals surface area contributed by atoms with E-state index in [9.17, 15) is 0 Å². The lowest BCUT2D eigenvalue weighted by atomic mass is 10.2. The standard InChI is InChI=1S/C10H15NO3/c1-12-7-14-10-5-8(6-11)3-4-9(10)13-2/h3-5H,6-7,11H2,1-2H3. The molecular formula is C10H15NO3. The van der Waals surface area contributed by atoms with Gasteiger partial charge < -0.3 is 19.9 Å². The molecule has 0 bridgehead atoms. The smallest absolute Gasteiger partial charge is 0.188 e. The predicted molar refractivity (Wildman–Crippen MR) is 53.4 cm³/mol. The topological polar surface area (TPSA) is 53.7 Å². The Morgan fingerprint density at radius 3 is 2.57 bits per heavy atom. The Labute approximate surface area is 83.6 Å². The van der Waals surface area contributed by atoms with Crippen molar-refractivity contribution in [2.24, 2.45) is 5.73 Å². The number of ether oxygens (including phenoxy) is 3. The molecule has 1 rings (SSSR count). The minimum Gasteiger partial charge on any atom is -0.493 e. The van der Waals surface area contributed by atoms with E-state index in [4.69, 9.17) is 19.9 Å². The van der Waals surface area contributed by atoms with Crippen molar-refractivity contribution in [3.8, 4) is 11.5 Å². The average Bonchev–Trinajstić information content (AvgIpc) is 2.25. The summed E-state index contributed by atoms with van der Waals surface area (Å²) in [7, 11) is 3.16. The summed E-state index contributed by atoms with van der Waals surface area (Å²) >= 11 is 0. The highest BCUT2D eigenvalue weighted by Gasteiger charge is 2.04. The molecule has 1 aromatic rings. The second-order valence-corrected chi connectivity index (χ2v) is 2.74. The summed E-state index contributed by atoms with van der Waals surface area (Å²) < 4.78 is 15.2. The lowest BCUT2D eigenvalue weighted by Gasteiger charge is -2.10. The molecule has 0 unspecified atom stereocenters. The SMILES string of the molecule is COCOc1cc(CN)ccc1OC. The maximum Gasteiger partial charge on any atom is 0.188 e. The van der Waals surface area contributed by atoms with Gasteiger partial charge in [-0.1, -0.05) is 6.07 Å². The van der Waals surface area contributed by atoms with Gasteiger partial charge in [0.1, 0.15) is 0 Å². The molecule has 0 saturated carbocycles. The van der Waals surface area contributed by atoms with Crippen molar-refractivity contribution in [3.63, 3.8) is 0 Å². The fourth-order valence-electron chi connectivity index (χ4n) is 1.08. The second-order valence-electron chi connectivity index (χ2n) is 2.74. The summed E-state index contributed by atoms with van der Waals surface area (Å²) in [5.74, 6) is 1.33. The summed E-state index contributed by atoms with van der Waals surface area (Å²) in [6, 6.07) is 5.57. The van der Waals surface area contributed by atoms with Crippen LogP contribution in [0.15, 0.2) is 18.2 Å². The Balaban J connectivity index is 2.84. The Morgan fingerprint density at radius 2 is 2.00 bits per heavy atom. The van der Waals surface area contributed by atoms with Crippen LogP contribution < -0.4 is 15.2 Å². The van der Waals surface area contributed by atoms with Crippen LogP contribution in [0.2, 0.25) is 0 Å². The largest absolute Gasteiger partial charge is 0.493 e. The van der Waals surface area contributed by atoms with Crippen molar-refractivity contribution < 1.29 is 14.2 Å². The van der Waals surface area contributed by atoms with Gasteiger partial charge in [0, 0.05) is 13.7 Å². The third kappa shape index (κ3) is 2.61. The van der Waals surface area contributed by atoms with Gasteiger partial charge in [-0.3, -0.25) is 0 Å². The molecule has 0 radical (unpaired) electrons. The minimum atomic E-state index is 0.199. The normalized spacial score (nSPS) is 9.93. The zero-order valence-corrected chi connectivity index (χ0v) is 8.45. The Kier molecular flexibility index (Phi) is 4.22. The Bertz CT molecular complexity index is 289. The van der Waals surface area contributed by atoms with Crippen molar-refractivity contribution in [2.75, 3.05) is 21.0 Å². The van der Waals surface area contributed by atoms with E-state index in [0.717, 1.165) is 5.56 Å². The zero-order chi connectivity index (χ0) is 10.4.